The van der Waals surface area contributed by atoms with Crippen LogP contribution in [0.3, 0.4) is 0 Å². The second-order valence-corrected chi connectivity index (χ2v) is 6.31. The Morgan fingerprint density at radius 3 is 2.81 bits per heavy atom. The van der Waals surface area contributed by atoms with Gasteiger partial charge in [-0.15, -0.1) is 0 Å². The van der Waals surface area contributed by atoms with E-state index in [1.165, 1.54) is 0 Å². The average molecular weight is 288 g/mol. The number of benzene rings is 1. The first-order valence-corrected chi connectivity index (χ1v) is 7.73. The maximum absolute atomic E-state index is 12.0. The maximum atomic E-state index is 12.0. The number of para-hydroxylation sites is 2. The predicted molar refractivity (Wildman–Crippen MR) is 85.6 cm³/mol. The number of rotatable bonds is 2. The van der Waals surface area contributed by atoms with E-state index < -0.39 is 0 Å². The highest BCUT2D eigenvalue weighted by Crippen LogP contribution is 2.35. The van der Waals surface area contributed by atoms with Crippen LogP contribution in [0.15, 0.2) is 24.3 Å². The third-order valence-electron chi connectivity index (χ3n) is 4.76. The summed E-state index contributed by atoms with van der Waals surface area (Å²) >= 11 is 0. The zero-order valence-corrected chi connectivity index (χ0v) is 12.7. The molecule has 3 rings (SSSR count). The summed E-state index contributed by atoms with van der Waals surface area (Å²) in [6.45, 7) is 7.37. The first kappa shape index (κ1) is 14.2. The van der Waals surface area contributed by atoms with Gasteiger partial charge in [-0.25, -0.2) is 4.79 Å². The first-order valence-electron chi connectivity index (χ1n) is 7.73. The van der Waals surface area contributed by atoms with E-state index in [0.29, 0.717) is 12.0 Å². The fourth-order valence-corrected chi connectivity index (χ4v) is 3.58. The van der Waals surface area contributed by atoms with Gasteiger partial charge in [-0.05, 0) is 44.9 Å². The molecule has 2 aliphatic heterocycles. The van der Waals surface area contributed by atoms with Crippen LogP contribution in [-0.4, -0.2) is 42.6 Å². The fourth-order valence-electron chi connectivity index (χ4n) is 3.58. The standard InChI is InChI=1S/C16H24N4O/c1-11(2)19-8-7-12(10-19)15-9-18-13-5-3-4-6-14(13)20(15)16(17)21/h3-6,11-12,15,18H,7-10H2,1-2H3,(H2,17,21). The van der Waals surface area contributed by atoms with E-state index >= 15 is 0 Å². The number of likely N-dealkylation sites (tertiary alicyclic amines) is 1. The van der Waals surface area contributed by atoms with Crippen LogP contribution < -0.4 is 16.0 Å². The third kappa shape index (κ3) is 2.58. The summed E-state index contributed by atoms with van der Waals surface area (Å²) in [7, 11) is 0. The summed E-state index contributed by atoms with van der Waals surface area (Å²) in [6.07, 6.45) is 1.12. The molecule has 0 spiro atoms. The summed E-state index contributed by atoms with van der Waals surface area (Å²) in [6, 6.07) is 8.24. The van der Waals surface area contributed by atoms with Crippen LogP contribution >= 0.6 is 0 Å². The molecule has 0 bridgehead atoms. The Hall–Kier alpha value is -1.75. The van der Waals surface area contributed by atoms with Crippen LogP contribution in [-0.2, 0) is 0 Å². The molecular weight excluding hydrogens is 264 g/mol. The second kappa shape index (κ2) is 5.56. The van der Waals surface area contributed by atoms with Gasteiger partial charge in [0, 0.05) is 19.1 Å². The van der Waals surface area contributed by atoms with E-state index in [4.69, 9.17) is 5.73 Å². The number of anilines is 2. The second-order valence-electron chi connectivity index (χ2n) is 6.31. The van der Waals surface area contributed by atoms with Gasteiger partial charge in [0.1, 0.15) is 0 Å². The Morgan fingerprint density at radius 2 is 2.14 bits per heavy atom. The monoisotopic (exact) mass is 288 g/mol. The van der Waals surface area contributed by atoms with E-state index in [0.717, 1.165) is 37.4 Å². The van der Waals surface area contributed by atoms with Gasteiger partial charge in [-0.2, -0.15) is 0 Å². The van der Waals surface area contributed by atoms with Crippen LogP contribution in [0.2, 0.25) is 0 Å². The first-order chi connectivity index (χ1) is 10.1. The SMILES string of the molecule is CC(C)N1CCC(C2CNc3ccccc3N2C(N)=O)C1. The zero-order valence-electron chi connectivity index (χ0n) is 12.7. The van der Waals surface area contributed by atoms with Crippen molar-refractivity contribution in [1.82, 2.24) is 4.90 Å². The number of hydrogen-bond acceptors (Lipinski definition) is 3. The van der Waals surface area contributed by atoms with Gasteiger partial charge in [0.2, 0.25) is 0 Å². The van der Waals surface area contributed by atoms with Gasteiger partial charge in [-0.3, -0.25) is 4.90 Å². The van der Waals surface area contributed by atoms with Gasteiger partial charge in [0.05, 0.1) is 17.4 Å². The number of hydrogen-bond donors (Lipinski definition) is 2. The largest absolute Gasteiger partial charge is 0.381 e. The molecule has 5 heteroatoms. The average Bonchev–Trinajstić information content (AvgIpc) is 2.95. The Morgan fingerprint density at radius 1 is 1.38 bits per heavy atom. The topological polar surface area (TPSA) is 61.6 Å². The lowest BCUT2D eigenvalue weighted by Gasteiger charge is -2.40. The van der Waals surface area contributed by atoms with Crippen LogP contribution in [0.5, 0.6) is 0 Å². The van der Waals surface area contributed by atoms with Gasteiger partial charge >= 0.3 is 6.03 Å². The van der Waals surface area contributed by atoms with Crippen molar-refractivity contribution in [1.29, 1.82) is 0 Å². The molecule has 1 saturated heterocycles. The maximum Gasteiger partial charge on any atom is 0.319 e. The van der Waals surface area contributed by atoms with Gasteiger partial charge < -0.3 is 16.0 Å². The minimum absolute atomic E-state index is 0.140. The van der Waals surface area contributed by atoms with Gasteiger partial charge in [0.15, 0.2) is 0 Å². The molecule has 3 N–H and O–H groups in total. The molecular formula is C16H24N4O. The van der Waals surface area contributed by atoms with E-state index in [1.807, 2.05) is 24.3 Å². The fraction of sp³-hybridized carbons (Fsp3) is 0.562. The number of carbonyl (C=O) groups excluding carboxylic acids is 1. The van der Waals surface area contributed by atoms with Crippen LogP contribution in [0.25, 0.3) is 0 Å². The molecule has 0 aliphatic carbocycles. The molecule has 5 nitrogen and oxygen atoms in total. The Bertz CT molecular complexity index is 531. The predicted octanol–water partition coefficient (Wildman–Crippen LogP) is 2.10. The summed E-state index contributed by atoms with van der Waals surface area (Å²) in [4.78, 5) is 16.3. The third-order valence-corrected chi connectivity index (χ3v) is 4.76. The smallest absolute Gasteiger partial charge is 0.319 e. The Kier molecular flexibility index (Phi) is 3.76. The number of nitrogens with zero attached hydrogens (tertiary/aromatic N) is 2. The van der Waals surface area contributed by atoms with Crippen molar-refractivity contribution in [2.24, 2.45) is 11.7 Å². The summed E-state index contributed by atoms with van der Waals surface area (Å²) in [5.41, 5.74) is 7.58. The number of carbonyl (C=O) groups is 1. The Labute approximate surface area is 126 Å². The quantitative estimate of drug-likeness (QED) is 0.876. The Balaban J connectivity index is 1.85. The summed E-state index contributed by atoms with van der Waals surface area (Å²) < 4.78 is 0. The van der Waals surface area contributed by atoms with E-state index in [2.05, 4.69) is 24.1 Å². The molecule has 1 fully saturated rings. The van der Waals surface area contributed by atoms with E-state index in [1.54, 1.807) is 4.90 Å². The minimum Gasteiger partial charge on any atom is -0.381 e. The van der Waals surface area contributed by atoms with Crippen molar-refractivity contribution < 1.29 is 4.79 Å². The van der Waals surface area contributed by atoms with E-state index in [9.17, 15) is 4.79 Å². The zero-order chi connectivity index (χ0) is 15.0. The van der Waals surface area contributed by atoms with Crippen LogP contribution in [0.1, 0.15) is 20.3 Å². The normalized spacial score (nSPS) is 25.8. The van der Waals surface area contributed by atoms with Crippen molar-refractivity contribution in [3.05, 3.63) is 24.3 Å². The lowest BCUT2D eigenvalue weighted by atomic mass is 9.94. The number of urea groups is 1. The molecule has 2 aliphatic rings. The van der Waals surface area contributed by atoms with Crippen molar-refractivity contribution >= 4 is 17.4 Å². The molecule has 2 heterocycles. The molecule has 2 amide bonds. The molecule has 1 aromatic carbocycles. The number of amides is 2. The highest BCUT2D eigenvalue weighted by Gasteiger charge is 2.38. The number of nitrogens with one attached hydrogen (secondary N) is 1. The van der Waals surface area contributed by atoms with Crippen molar-refractivity contribution in [2.75, 3.05) is 29.9 Å². The van der Waals surface area contributed by atoms with E-state index in [-0.39, 0.29) is 12.1 Å². The lowest BCUT2D eigenvalue weighted by Crippen LogP contribution is -2.54. The van der Waals surface area contributed by atoms with Crippen LogP contribution in [0.4, 0.5) is 16.2 Å². The molecule has 21 heavy (non-hydrogen) atoms. The molecule has 2 atom stereocenters. The summed E-state index contributed by atoms with van der Waals surface area (Å²) in [5.74, 6) is 0.473. The number of primary amides is 1. The molecule has 114 valence electrons. The molecule has 2 unspecified atom stereocenters. The lowest BCUT2D eigenvalue weighted by molar-refractivity contribution is 0.242. The van der Waals surface area contributed by atoms with Crippen molar-refractivity contribution in [2.45, 2.75) is 32.4 Å². The highest BCUT2D eigenvalue weighted by molar-refractivity contribution is 5.96. The van der Waals surface area contributed by atoms with Crippen molar-refractivity contribution in [3.63, 3.8) is 0 Å². The molecule has 1 aromatic rings. The number of fused-ring (bicyclic) bond motifs is 1. The summed E-state index contributed by atoms with van der Waals surface area (Å²) in [5, 5.41) is 3.45. The molecule has 0 aromatic heterocycles. The molecule has 0 radical (unpaired) electrons. The minimum atomic E-state index is -0.350. The van der Waals surface area contributed by atoms with Crippen molar-refractivity contribution in [3.8, 4) is 0 Å². The van der Waals surface area contributed by atoms with Gasteiger partial charge in [-0.1, -0.05) is 12.1 Å². The highest BCUT2D eigenvalue weighted by atomic mass is 16.2. The number of nitrogens with two attached hydrogens (primary N) is 1. The van der Waals surface area contributed by atoms with Gasteiger partial charge in [0.25, 0.3) is 0 Å². The molecule has 0 saturated carbocycles. The van der Waals surface area contributed by atoms with Crippen LogP contribution in [0, 0.1) is 5.92 Å².